The van der Waals surface area contributed by atoms with Crippen molar-refractivity contribution in [3.8, 4) is 0 Å². The molecule has 15 atom stereocenters. The van der Waals surface area contributed by atoms with Gasteiger partial charge in [0.05, 0.1) is 45.1 Å². The van der Waals surface area contributed by atoms with Crippen LogP contribution < -0.4 is 37.2 Å². The third kappa shape index (κ3) is 45.7. The number of rotatable bonds is 60. The largest absolute Gasteiger partial charge is 0.481 e. The van der Waals surface area contributed by atoms with Crippen molar-refractivity contribution in [1.82, 2.24) is 37.2 Å². The van der Waals surface area contributed by atoms with E-state index in [1.807, 2.05) is 0 Å². The topological polar surface area (TPSA) is 561 Å². The Bertz CT molecular complexity index is 3040. The van der Waals surface area contributed by atoms with Crippen molar-refractivity contribution in [2.75, 3.05) is 105 Å². The zero-order valence-corrected chi connectivity index (χ0v) is 71.9. The molecule has 3 aliphatic rings. The average molecular weight is 1750 g/mol. The van der Waals surface area contributed by atoms with E-state index < -0.39 is 200 Å². The lowest BCUT2D eigenvalue weighted by molar-refractivity contribution is -0.277. The monoisotopic (exact) mass is 1750 g/mol. The third-order valence-electron chi connectivity index (χ3n) is 18.3. The quantitative estimate of drug-likeness (QED) is 0.0235. The van der Waals surface area contributed by atoms with Crippen molar-refractivity contribution in [1.29, 1.82) is 0 Å². The van der Waals surface area contributed by atoms with E-state index in [9.17, 15) is 86.6 Å². The molecule has 3 rings (SSSR count). The maximum absolute atomic E-state index is 13.3. The van der Waals surface area contributed by atoms with E-state index in [1.165, 1.54) is 41.5 Å². The third-order valence-corrected chi connectivity index (χ3v) is 18.3. The first-order valence-electron chi connectivity index (χ1n) is 41.0. The summed E-state index contributed by atoms with van der Waals surface area (Å²) in [5.41, 5.74) is -1.23. The number of amides is 7. The predicted molar refractivity (Wildman–Crippen MR) is 418 cm³/mol. The number of aliphatic carboxylic acids is 1. The van der Waals surface area contributed by atoms with E-state index in [0.29, 0.717) is 77.0 Å². The van der Waals surface area contributed by atoms with Gasteiger partial charge >= 0.3 is 59.7 Å². The van der Waals surface area contributed by atoms with Crippen LogP contribution in [0.1, 0.15) is 199 Å². The number of esters is 9. The number of hydrogen-bond donors (Lipinski definition) is 8. The van der Waals surface area contributed by atoms with Gasteiger partial charge in [0.2, 0.25) is 41.4 Å². The molecular formula is C79H127N7O36. The van der Waals surface area contributed by atoms with Crippen LogP contribution in [-0.4, -0.2) is 304 Å². The molecule has 694 valence electrons. The van der Waals surface area contributed by atoms with Gasteiger partial charge in [-0.15, -0.1) is 0 Å². The van der Waals surface area contributed by atoms with E-state index >= 15 is 0 Å². The standard InChI is InChI=1S/C79H127N7O36/c1-47(87)84-67-73(117-56(10)96)70(114-53(7)93)59(40-111-50(4)90)120-76(67)108-34-22-16-13-19-31-80-63(100)28-37-105-44-79(43-83-62(99)26-25-27-66(103)104,45-106-38-29-64(101)81-32-20-14-17-23-35-109-77-68(85-48(2)88)74(118-57(11)97)71(115-54(8)94)60(121-77)41-112-51(5)91)46-107-39-30-65(102)82-33-21-15-18-24-36-110-78-69(86-49(3)89)75(119-58(12)98)72(116-55(9)95)61(122-78)42-113-52(6)92/h59-61,67-78H,13-46H2,1-12H3,(H,80,100)(H,81,101)(H,82,102)(H,83,99)(H,84,87)(H,85,88)(H,86,89)(H,103,104)/t59?,60?,61?,67?,68?,69?,70-,71-,72-,73?,74?,75?,76-,77-,78-,79?/m1/s1. The lowest BCUT2D eigenvalue weighted by Crippen LogP contribution is -2.66. The first kappa shape index (κ1) is 107. The van der Waals surface area contributed by atoms with E-state index in [1.54, 1.807) is 0 Å². The van der Waals surface area contributed by atoms with E-state index in [0.717, 1.165) is 41.5 Å². The maximum atomic E-state index is 13.3. The number of carboxylic acid groups (broad SMARTS) is 1. The van der Waals surface area contributed by atoms with Crippen LogP contribution in [0.15, 0.2) is 0 Å². The zero-order valence-electron chi connectivity index (χ0n) is 71.9. The summed E-state index contributed by atoms with van der Waals surface area (Å²) >= 11 is 0. The highest BCUT2D eigenvalue weighted by molar-refractivity contribution is 5.79. The first-order valence-corrected chi connectivity index (χ1v) is 41.0. The molecule has 3 saturated heterocycles. The van der Waals surface area contributed by atoms with Crippen LogP contribution in [0, 0.1) is 5.41 Å². The van der Waals surface area contributed by atoms with Gasteiger partial charge in [-0.25, -0.2) is 0 Å². The Balaban J connectivity index is 1.67. The van der Waals surface area contributed by atoms with Crippen molar-refractivity contribution in [2.24, 2.45) is 5.41 Å². The van der Waals surface area contributed by atoms with Gasteiger partial charge in [0, 0.05) is 161 Å². The lowest BCUT2D eigenvalue weighted by Gasteiger charge is -2.44. The molecule has 8 N–H and O–H groups in total. The number of hydrogen-bond acceptors (Lipinski definition) is 35. The Kier molecular flexibility index (Phi) is 52.0. The van der Waals surface area contributed by atoms with Crippen molar-refractivity contribution >= 4 is 101 Å². The van der Waals surface area contributed by atoms with Gasteiger partial charge in [0.1, 0.15) is 56.3 Å². The molecule has 0 aromatic rings. The number of carbonyl (C=O) groups is 17. The number of nitrogens with one attached hydrogen (secondary N) is 7. The van der Waals surface area contributed by atoms with Gasteiger partial charge in [0.15, 0.2) is 55.5 Å². The minimum atomic E-state index is -1.29. The van der Waals surface area contributed by atoms with E-state index in [-0.39, 0.29) is 142 Å². The highest BCUT2D eigenvalue weighted by Crippen LogP contribution is 2.32. The van der Waals surface area contributed by atoms with Gasteiger partial charge in [-0.2, -0.15) is 0 Å². The van der Waals surface area contributed by atoms with Crippen LogP contribution in [0.3, 0.4) is 0 Å². The summed E-state index contributed by atoms with van der Waals surface area (Å²) in [6, 6.07) is -3.41. The Morgan fingerprint density at radius 2 is 0.557 bits per heavy atom. The van der Waals surface area contributed by atoms with Gasteiger partial charge in [-0.3, -0.25) is 81.5 Å². The summed E-state index contributed by atoms with van der Waals surface area (Å²) in [4.78, 5) is 210. The summed E-state index contributed by atoms with van der Waals surface area (Å²) in [5, 5.41) is 28.6. The van der Waals surface area contributed by atoms with Crippen LogP contribution >= 0.6 is 0 Å². The van der Waals surface area contributed by atoms with Crippen molar-refractivity contribution in [2.45, 2.75) is 291 Å². The summed E-state index contributed by atoms with van der Waals surface area (Å²) in [7, 11) is 0. The molecule has 0 aromatic heterocycles. The molecule has 3 heterocycles. The Morgan fingerprint density at radius 1 is 0.295 bits per heavy atom. The minimum Gasteiger partial charge on any atom is -0.481 e. The molecule has 0 aromatic carbocycles. The fourth-order valence-electron chi connectivity index (χ4n) is 13.0. The minimum absolute atomic E-state index is 0.0254. The smallest absolute Gasteiger partial charge is 0.303 e. The van der Waals surface area contributed by atoms with Crippen LogP contribution in [-0.2, 0) is 167 Å². The normalized spacial score (nSPS) is 22.7. The lowest BCUT2D eigenvalue weighted by atomic mass is 9.90. The van der Waals surface area contributed by atoms with Gasteiger partial charge in [-0.1, -0.05) is 38.5 Å². The Labute approximate surface area is 709 Å². The maximum Gasteiger partial charge on any atom is 0.303 e. The molecule has 3 fully saturated rings. The highest BCUT2D eigenvalue weighted by Gasteiger charge is 2.54. The van der Waals surface area contributed by atoms with Gasteiger partial charge in [-0.05, 0) is 44.9 Å². The van der Waals surface area contributed by atoms with Crippen molar-refractivity contribution < 1.29 is 172 Å². The molecule has 3 aliphatic heterocycles. The second-order valence-corrected chi connectivity index (χ2v) is 29.5. The van der Waals surface area contributed by atoms with Gasteiger partial charge < -0.3 is 128 Å². The summed E-state index contributed by atoms with van der Waals surface area (Å²) in [6.45, 7) is 12.8. The number of carboxylic acids is 1. The SMILES string of the molecule is CC(=O)NC1C(OC(C)=O)[C@H](OC(C)=O)C(COC(C)=O)O[C@H]1OCCCCCCNC(=O)CCOCC(CNC(=O)CCCC(=O)O)(COCCC(=O)NCCCCCCO[C@@H]1OC(COC(C)=O)[C@@H](OC(C)=O)C(OC(C)=O)C1NC(C)=O)COCCC(=O)NCCCCCCO[C@@H]1OC(COC(C)=O)[C@@H](OC(C)=O)C(OC(C)=O)C1NC(C)=O. The molecule has 0 spiro atoms. The molecule has 122 heavy (non-hydrogen) atoms. The Morgan fingerprint density at radius 3 is 0.811 bits per heavy atom. The summed E-state index contributed by atoms with van der Waals surface area (Å²) in [5.74, 6) is -10.8. The second kappa shape index (κ2) is 59.4. The fourth-order valence-corrected chi connectivity index (χ4v) is 13.0. The molecule has 7 amide bonds. The summed E-state index contributed by atoms with van der Waals surface area (Å²) < 4.78 is 103. The molecule has 43 heteroatoms. The molecule has 9 unspecified atom stereocenters. The number of unbranched alkanes of at least 4 members (excludes halogenated alkanes) is 9. The molecule has 43 nitrogen and oxygen atoms in total. The Hall–Kier alpha value is -9.37. The molecule has 0 bridgehead atoms. The van der Waals surface area contributed by atoms with Crippen LogP contribution in [0.2, 0.25) is 0 Å². The molecular weight excluding hydrogens is 1620 g/mol. The predicted octanol–water partition coefficient (Wildman–Crippen LogP) is 0.612. The van der Waals surface area contributed by atoms with Crippen molar-refractivity contribution in [3.05, 3.63) is 0 Å². The number of carbonyl (C=O) groups excluding carboxylic acids is 16. The molecule has 0 aliphatic carbocycles. The molecule has 0 radical (unpaired) electrons. The second-order valence-electron chi connectivity index (χ2n) is 29.5. The first-order chi connectivity index (χ1) is 57.9. The van der Waals surface area contributed by atoms with E-state index in [4.69, 9.17) is 85.3 Å². The van der Waals surface area contributed by atoms with Gasteiger partial charge in [0.25, 0.3) is 0 Å². The average Bonchev–Trinajstić information content (AvgIpc) is 0.796. The van der Waals surface area contributed by atoms with Crippen molar-refractivity contribution in [3.63, 3.8) is 0 Å². The van der Waals surface area contributed by atoms with Crippen LogP contribution in [0.25, 0.3) is 0 Å². The fraction of sp³-hybridized carbons (Fsp3) is 0.785. The zero-order chi connectivity index (χ0) is 90.7. The summed E-state index contributed by atoms with van der Waals surface area (Å²) in [6.07, 6.45) is -8.82. The highest BCUT2D eigenvalue weighted by atomic mass is 16.7. The van der Waals surface area contributed by atoms with Crippen LogP contribution in [0.5, 0.6) is 0 Å². The number of ether oxygens (including phenoxy) is 18. The molecule has 0 saturated carbocycles. The van der Waals surface area contributed by atoms with E-state index in [2.05, 4.69) is 37.2 Å². The van der Waals surface area contributed by atoms with Crippen LogP contribution in [0.4, 0.5) is 0 Å².